The van der Waals surface area contributed by atoms with E-state index in [0.29, 0.717) is 12.0 Å². The molecular formula is C8H16O2Si. The van der Waals surface area contributed by atoms with Crippen LogP contribution in [-0.4, -0.2) is 32.5 Å². The SMILES string of the molecule is C=C[SiH](CO)C1CCCCO1. The molecule has 1 aliphatic rings. The molecule has 1 fully saturated rings. The second kappa shape index (κ2) is 4.69. The van der Waals surface area contributed by atoms with Crippen molar-refractivity contribution in [2.24, 2.45) is 0 Å². The van der Waals surface area contributed by atoms with Crippen LogP contribution in [0.4, 0.5) is 0 Å². The Morgan fingerprint density at radius 1 is 1.64 bits per heavy atom. The second-order valence-electron chi connectivity index (χ2n) is 2.99. The molecule has 64 valence electrons. The minimum Gasteiger partial charge on any atom is -0.400 e. The van der Waals surface area contributed by atoms with Gasteiger partial charge in [-0.05, 0) is 19.3 Å². The van der Waals surface area contributed by atoms with Gasteiger partial charge in [-0.2, -0.15) is 0 Å². The molecule has 1 aliphatic heterocycles. The highest BCUT2D eigenvalue weighted by Gasteiger charge is 2.22. The summed E-state index contributed by atoms with van der Waals surface area (Å²) in [4.78, 5) is 0. The van der Waals surface area contributed by atoms with Gasteiger partial charge in [0.25, 0.3) is 0 Å². The zero-order chi connectivity index (χ0) is 8.10. The van der Waals surface area contributed by atoms with E-state index in [0.717, 1.165) is 13.0 Å². The fourth-order valence-corrected chi connectivity index (χ4v) is 3.18. The molecule has 0 aromatic carbocycles. The smallest absolute Gasteiger partial charge is 0.123 e. The molecule has 0 bridgehead atoms. The van der Waals surface area contributed by atoms with E-state index in [1.807, 2.05) is 5.70 Å². The van der Waals surface area contributed by atoms with E-state index in [-0.39, 0.29) is 0 Å². The molecule has 0 aliphatic carbocycles. The first-order chi connectivity index (χ1) is 5.38. The summed E-state index contributed by atoms with van der Waals surface area (Å²) in [6.07, 6.45) is 3.86. The summed E-state index contributed by atoms with van der Waals surface area (Å²) >= 11 is 0. The molecule has 0 amide bonds. The van der Waals surface area contributed by atoms with Crippen LogP contribution in [-0.2, 0) is 4.74 Å². The zero-order valence-corrected chi connectivity index (χ0v) is 7.98. The Bertz CT molecular complexity index is 121. The van der Waals surface area contributed by atoms with Gasteiger partial charge in [0.2, 0.25) is 0 Å². The van der Waals surface area contributed by atoms with Crippen molar-refractivity contribution in [1.82, 2.24) is 0 Å². The average Bonchev–Trinajstić information content (AvgIpc) is 2.09. The normalized spacial score (nSPS) is 27.9. The molecule has 11 heavy (non-hydrogen) atoms. The number of rotatable bonds is 3. The lowest BCUT2D eigenvalue weighted by atomic mass is 10.2. The van der Waals surface area contributed by atoms with Gasteiger partial charge >= 0.3 is 0 Å². The van der Waals surface area contributed by atoms with Crippen molar-refractivity contribution in [1.29, 1.82) is 0 Å². The Hall–Kier alpha value is -0.123. The van der Waals surface area contributed by atoms with Crippen molar-refractivity contribution >= 4 is 8.80 Å². The molecule has 1 saturated heterocycles. The number of ether oxygens (including phenoxy) is 1. The van der Waals surface area contributed by atoms with Gasteiger partial charge in [0.05, 0.1) is 5.73 Å². The van der Waals surface area contributed by atoms with Crippen LogP contribution in [0.3, 0.4) is 0 Å². The van der Waals surface area contributed by atoms with Crippen molar-refractivity contribution in [3.63, 3.8) is 0 Å². The molecule has 1 heterocycles. The van der Waals surface area contributed by atoms with Crippen LogP contribution in [0.25, 0.3) is 0 Å². The third-order valence-electron chi connectivity index (χ3n) is 2.21. The van der Waals surface area contributed by atoms with E-state index in [1.54, 1.807) is 0 Å². The topological polar surface area (TPSA) is 29.5 Å². The molecule has 0 spiro atoms. The number of aliphatic hydroxyl groups is 1. The first-order valence-electron chi connectivity index (χ1n) is 4.23. The maximum Gasteiger partial charge on any atom is 0.123 e. The van der Waals surface area contributed by atoms with Gasteiger partial charge in [-0.3, -0.25) is 0 Å². The molecule has 0 aromatic heterocycles. The van der Waals surface area contributed by atoms with Gasteiger partial charge in [0, 0.05) is 12.8 Å². The molecule has 0 radical (unpaired) electrons. The van der Waals surface area contributed by atoms with Crippen LogP contribution >= 0.6 is 0 Å². The Morgan fingerprint density at radius 3 is 2.91 bits per heavy atom. The van der Waals surface area contributed by atoms with Crippen molar-refractivity contribution in [3.05, 3.63) is 12.3 Å². The molecule has 2 atom stereocenters. The lowest BCUT2D eigenvalue weighted by Crippen LogP contribution is -2.37. The quantitative estimate of drug-likeness (QED) is 0.631. The molecule has 0 aromatic rings. The molecule has 2 unspecified atom stereocenters. The highest BCUT2D eigenvalue weighted by atomic mass is 28.3. The van der Waals surface area contributed by atoms with Gasteiger partial charge in [-0.25, -0.2) is 0 Å². The van der Waals surface area contributed by atoms with E-state index >= 15 is 0 Å². The summed E-state index contributed by atoms with van der Waals surface area (Å²) in [6, 6.07) is 0. The summed E-state index contributed by atoms with van der Waals surface area (Å²) in [5.41, 5.74) is 2.28. The second-order valence-corrected chi connectivity index (χ2v) is 5.89. The monoisotopic (exact) mass is 172 g/mol. The number of hydrogen-bond acceptors (Lipinski definition) is 2. The Labute approximate surface area is 69.5 Å². The minimum atomic E-state index is -1.18. The van der Waals surface area contributed by atoms with E-state index in [1.165, 1.54) is 12.8 Å². The van der Waals surface area contributed by atoms with Crippen molar-refractivity contribution in [2.75, 3.05) is 12.8 Å². The van der Waals surface area contributed by atoms with E-state index < -0.39 is 8.80 Å². The van der Waals surface area contributed by atoms with Gasteiger partial charge in [0.15, 0.2) is 0 Å². The third-order valence-corrected chi connectivity index (χ3v) is 4.71. The largest absolute Gasteiger partial charge is 0.400 e. The van der Waals surface area contributed by atoms with Crippen LogP contribution in [0.5, 0.6) is 0 Å². The lowest BCUT2D eigenvalue weighted by Gasteiger charge is -2.26. The highest BCUT2D eigenvalue weighted by Crippen LogP contribution is 2.15. The van der Waals surface area contributed by atoms with Crippen molar-refractivity contribution in [3.8, 4) is 0 Å². The van der Waals surface area contributed by atoms with Crippen LogP contribution < -0.4 is 0 Å². The fraction of sp³-hybridized carbons (Fsp3) is 0.750. The maximum absolute atomic E-state index is 8.99. The first-order valence-corrected chi connectivity index (χ1v) is 6.38. The number of hydrogen-bond donors (Lipinski definition) is 1. The zero-order valence-electron chi connectivity index (χ0n) is 6.83. The molecular weight excluding hydrogens is 156 g/mol. The molecule has 1 N–H and O–H groups in total. The standard InChI is InChI=1S/C8H16O2Si/c1-2-11(7-9)8-5-3-4-6-10-8/h2,8-9,11H,1,3-7H2. The molecule has 0 saturated carbocycles. The predicted molar refractivity (Wildman–Crippen MR) is 48.0 cm³/mol. The predicted octanol–water partition coefficient (Wildman–Crippen LogP) is 0.579. The third kappa shape index (κ3) is 2.43. The Morgan fingerprint density at radius 2 is 2.45 bits per heavy atom. The van der Waals surface area contributed by atoms with E-state index in [9.17, 15) is 0 Å². The van der Waals surface area contributed by atoms with Gasteiger partial charge in [-0.15, -0.1) is 6.58 Å². The summed E-state index contributed by atoms with van der Waals surface area (Å²) < 4.78 is 5.55. The Kier molecular flexibility index (Phi) is 3.83. The van der Waals surface area contributed by atoms with Crippen molar-refractivity contribution in [2.45, 2.75) is 25.0 Å². The maximum atomic E-state index is 8.99. The van der Waals surface area contributed by atoms with Gasteiger partial charge in [-0.1, -0.05) is 5.70 Å². The van der Waals surface area contributed by atoms with E-state index in [2.05, 4.69) is 6.58 Å². The minimum absolute atomic E-state index is 0.300. The first kappa shape index (κ1) is 8.97. The summed E-state index contributed by atoms with van der Waals surface area (Å²) in [7, 11) is -1.18. The summed E-state index contributed by atoms with van der Waals surface area (Å²) in [5, 5.41) is 8.99. The number of aliphatic hydroxyl groups excluding tert-OH is 1. The van der Waals surface area contributed by atoms with Crippen LogP contribution in [0.2, 0.25) is 0 Å². The van der Waals surface area contributed by atoms with Crippen molar-refractivity contribution < 1.29 is 9.84 Å². The Balaban J connectivity index is 2.35. The average molecular weight is 172 g/mol. The van der Waals surface area contributed by atoms with E-state index in [4.69, 9.17) is 9.84 Å². The summed E-state index contributed by atoms with van der Waals surface area (Å²) in [5.74, 6) is 0. The van der Waals surface area contributed by atoms with Crippen LogP contribution in [0.15, 0.2) is 12.3 Å². The lowest BCUT2D eigenvalue weighted by molar-refractivity contribution is 0.0613. The molecule has 2 nitrogen and oxygen atoms in total. The van der Waals surface area contributed by atoms with Crippen LogP contribution in [0, 0.1) is 0 Å². The van der Waals surface area contributed by atoms with Gasteiger partial charge < -0.3 is 9.84 Å². The van der Waals surface area contributed by atoms with Crippen LogP contribution in [0.1, 0.15) is 19.3 Å². The highest BCUT2D eigenvalue weighted by molar-refractivity contribution is 6.65. The van der Waals surface area contributed by atoms with Gasteiger partial charge in [0.1, 0.15) is 8.80 Å². The molecule has 3 heteroatoms. The summed E-state index contributed by atoms with van der Waals surface area (Å²) in [6.45, 7) is 4.61. The molecule has 1 rings (SSSR count). The fourth-order valence-electron chi connectivity index (χ4n) is 1.45.